The van der Waals surface area contributed by atoms with Gasteiger partial charge in [0.1, 0.15) is 5.82 Å². The van der Waals surface area contributed by atoms with Gasteiger partial charge in [0.25, 0.3) is 0 Å². The minimum Gasteiger partial charge on any atom is -0.369 e. The fourth-order valence-corrected chi connectivity index (χ4v) is 3.63. The molecule has 2 atom stereocenters. The summed E-state index contributed by atoms with van der Waals surface area (Å²) < 4.78 is 0. The highest BCUT2D eigenvalue weighted by atomic mass is 35.5. The number of allylic oxidation sites excluding steroid dienone is 3. The van der Waals surface area contributed by atoms with Gasteiger partial charge < -0.3 is 5.32 Å². The zero-order chi connectivity index (χ0) is 18.8. The Hall–Kier alpha value is -2.72. The summed E-state index contributed by atoms with van der Waals surface area (Å²) in [6.07, 6.45) is 11.8. The van der Waals surface area contributed by atoms with E-state index in [0.29, 0.717) is 11.8 Å². The second-order valence-corrected chi connectivity index (χ2v) is 7.39. The molecule has 0 radical (unpaired) electrons. The van der Waals surface area contributed by atoms with E-state index < -0.39 is 0 Å². The van der Waals surface area contributed by atoms with Crippen molar-refractivity contribution in [1.82, 2.24) is 15.0 Å². The lowest BCUT2D eigenvalue weighted by Crippen LogP contribution is -2.20. The van der Waals surface area contributed by atoms with E-state index in [4.69, 9.17) is 11.6 Å². The molecule has 3 aromatic rings. The number of halogens is 1. The van der Waals surface area contributed by atoms with E-state index in [1.165, 1.54) is 0 Å². The van der Waals surface area contributed by atoms with E-state index in [1.807, 2.05) is 49.8 Å². The first kappa shape index (κ1) is 17.7. The molecule has 3 aromatic heterocycles. The first-order valence-corrected chi connectivity index (χ1v) is 9.45. The van der Waals surface area contributed by atoms with Crippen LogP contribution in [0.4, 0.5) is 5.82 Å². The van der Waals surface area contributed by atoms with Gasteiger partial charge in [-0.25, -0.2) is 4.98 Å². The van der Waals surface area contributed by atoms with E-state index in [9.17, 15) is 0 Å². The molecule has 1 aliphatic carbocycles. The average Bonchev–Trinajstić information content (AvgIpc) is 2.67. The Bertz CT molecular complexity index is 1040. The van der Waals surface area contributed by atoms with Crippen molar-refractivity contribution in [2.45, 2.75) is 13.8 Å². The van der Waals surface area contributed by atoms with Crippen LogP contribution in [-0.2, 0) is 0 Å². The molecule has 4 nitrogen and oxygen atoms in total. The van der Waals surface area contributed by atoms with Crippen molar-refractivity contribution in [3.63, 3.8) is 0 Å². The zero-order valence-electron chi connectivity index (χ0n) is 15.4. The van der Waals surface area contributed by atoms with Crippen LogP contribution < -0.4 is 5.32 Å². The summed E-state index contributed by atoms with van der Waals surface area (Å²) in [5, 5.41) is 6.43. The number of nitrogens with zero attached hydrogens (tertiary/aromatic N) is 3. The van der Waals surface area contributed by atoms with E-state index in [0.717, 1.165) is 45.1 Å². The molecule has 4 rings (SSSR count). The third kappa shape index (κ3) is 3.86. The third-order valence-corrected chi connectivity index (χ3v) is 5.20. The molecule has 0 bridgehead atoms. The molecule has 0 aromatic carbocycles. The molecule has 0 saturated carbocycles. The molecule has 2 unspecified atom stereocenters. The van der Waals surface area contributed by atoms with Gasteiger partial charge in [-0.2, -0.15) is 0 Å². The number of fused-ring (bicyclic) bond motifs is 1. The van der Waals surface area contributed by atoms with Crippen LogP contribution in [0.5, 0.6) is 0 Å². The molecule has 0 aliphatic heterocycles. The normalized spacial score (nSPS) is 19.1. The molecule has 1 N–H and O–H groups in total. The minimum absolute atomic E-state index is 0.386. The van der Waals surface area contributed by atoms with Crippen molar-refractivity contribution in [2.24, 2.45) is 11.8 Å². The van der Waals surface area contributed by atoms with Gasteiger partial charge >= 0.3 is 0 Å². The van der Waals surface area contributed by atoms with Gasteiger partial charge in [-0.05, 0) is 48.6 Å². The highest BCUT2D eigenvalue weighted by Gasteiger charge is 2.17. The molecule has 136 valence electrons. The predicted octanol–water partition coefficient (Wildman–Crippen LogP) is 5.36. The number of hydrogen-bond donors (Lipinski definition) is 1. The summed E-state index contributed by atoms with van der Waals surface area (Å²) in [7, 11) is 0. The standard InChI is InChI=1S/C22H21ClN4/c1-14-9-19(23)4-3-18(14)12-27-22-20-13-26-21(11-16(20)5-8-25-22)17-6-7-24-15(2)10-17/h3-11,13-14,18H,12H2,1-2H3,(H,25,27). The molecular weight excluding hydrogens is 356 g/mol. The predicted molar refractivity (Wildman–Crippen MR) is 112 cm³/mol. The molecule has 3 heterocycles. The largest absolute Gasteiger partial charge is 0.369 e. The van der Waals surface area contributed by atoms with Gasteiger partial charge in [0.05, 0.1) is 5.69 Å². The molecule has 0 saturated heterocycles. The lowest BCUT2D eigenvalue weighted by atomic mass is 9.90. The number of pyridine rings is 3. The van der Waals surface area contributed by atoms with Gasteiger partial charge in [-0.1, -0.05) is 30.7 Å². The SMILES string of the molecule is Cc1cc(-c2cc3ccnc(NCC4C=CC(Cl)=CC4C)c3cn2)ccn1. The summed E-state index contributed by atoms with van der Waals surface area (Å²) in [5.74, 6) is 1.64. The van der Waals surface area contributed by atoms with Crippen LogP contribution >= 0.6 is 11.6 Å². The van der Waals surface area contributed by atoms with Crippen molar-refractivity contribution < 1.29 is 0 Å². The van der Waals surface area contributed by atoms with Crippen LogP contribution in [0.25, 0.3) is 22.0 Å². The summed E-state index contributed by atoms with van der Waals surface area (Å²) in [4.78, 5) is 13.4. The van der Waals surface area contributed by atoms with Crippen molar-refractivity contribution in [3.8, 4) is 11.3 Å². The van der Waals surface area contributed by atoms with Gasteiger partial charge in [-0.15, -0.1) is 0 Å². The fraction of sp³-hybridized carbons (Fsp3) is 0.227. The average molecular weight is 377 g/mol. The van der Waals surface area contributed by atoms with Gasteiger partial charge in [0.15, 0.2) is 0 Å². The molecule has 0 amide bonds. The quantitative estimate of drug-likeness (QED) is 0.666. The molecule has 5 heteroatoms. The number of hydrogen-bond acceptors (Lipinski definition) is 4. The molecule has 0 spiro atoms. The Kier molecular flexibility index (Phi) is 4.90. The topological polar surface area (TPSA) is 50.7 Å². The molecule has 1 aliphatic rings. The first-order valence-electron chi connectivity index (χ1n) is 9.07. The number of rotatable bonds is 4. The van der Waals surface area contributed by atoms with Crippen LogP contribution in [-0.4, -0.2) is 21.5 Å². The number of nitrogens with one attached hydrogen (secondary N) is 1. The minimum atomic E-state index is 0.386. The zero-order valence-corrected chi connectivity index (χ0v) is 16.1. The lowest BCUT2D eigenvalue weighted by molar-refractivity contribution is 0.528. The van der Waals surface area contributed by atoms with Crippen LogP contribution in [0.15, 0.2) is 66.1 Å². The second kappa shape index (κ2) is 7.49. The van der Waals surface area contributed by atoms with E-state index in [1.54, 1.807) is 0 Å². The first-order chi connectivity index (χ1) is 13.1. The number of aryl methyl sites for hydroxylation is 1. The highest BCUT2D eigenvalue weighted by Crippen LogP contribution is 2.28. The van der Waals surface area contributed by atoms with Crippen LogP contribution in [0.3, 0.4) is 0 Å². The highest BCUT2D eigenvalue weighted by molar-refractivity contribution is 6.31. The van der Waals surface area contributed by atoms with Gasteiger partial charge in [0.2, 0.25) is 0 Å². The van der Waals surface area contributed by atoms with Gasteiger partial charge in [-0.3, -0.25) is 9.97 Å². The summed E-state index contributed by atoms with van der Waals surface area (Å²) in [5.41, 5.74) is 2.99. The monoisotopic (exact) mass is 376 g/mol. The summed E-state index contributed by atoms with van der Waals surface area (Å²) >= 11 is 6.08. The maximum Gasteiger partial charge on any atom is 0.135 e. The summed E-state index contributed by atoms with van der Waals surface area (Å²) in [6.45, 7) is 4.97. The number of anilines is 1. The number of aromatic nitrogens is 3. The smallest absolute Gasteiger partial charge is 0.135 e. The van der Waals surface area contributed by atoms with E-state index in [2.05, 4.69) is 45.4 Å². The maximum atomic E-state index is 6.08. The van der Waals surface area contributed by atoms with Crippen molar-refractivity contribution in [3.05, 3.63) is 71.8 Å². The fourth-order valence-electron chi connectivity index (χ4n) is 3.36. The Labute approximate surface area is 164 Å². The Morgan fingerprint density at radius 1 is 1.11 bits per heavy atom. The Morgan fingerprint density at radius 3 is 2.78 bits per heavy atom. The Morgan fingerprint density at radius 2 is 1.96 bits per heavy atom. The second-order valence-electron chi connectivity index (χ2n) is 6.95. The molecule has 27 heavy (non-hydrogen) atoms. The van der Waals surface area contributed by atoms with Gasteiger partial charge in [0, 0.05) is 52.7 Å². The van der Waals surface area contributed by atoms with E-state index in [-0.39, 0.29) is 0 Å². The van der Waals surface area contributed by atoms with Crippen LogP contribution in [0.1, 0.15) is 12.6 Å². The van der Waals surface area contributed by atoms with Crippen molar-refractivity contribution in [1.29, 1.82) is 0 Å². The van der Waals surface area contributed by atoms with E-state index >= 15 is 0 Å². The van der Waals surface area contributed by atoms with Crippen molar-refractivity contribution >= 4 is 28.2 Å². The Balaban J connectivity index is 1.58. The summed E-state index contributed by atoms with van der Waals surface area (Å²) in [6, 6.07) is 8.15. The van der Waals surface area contributed by atoms with Crippen LogP contribution in [0.2, 0.25) is 0 Å². The molecule has 0 fully saturated rings. The lowest BCUT2D eigenvalue weighted by Gasteiger charge is -2.22. The van der Waals surface area contributed by atoms with Crippen LogP contribution in [0, 0.1) is 18.8 Å². The van der Waals surface area contributed by atoms with Crippen molar-refractivity contribution in [2.75, 3.05) is 11.9 Å². The molecular formula is C22H21ClN4. The maximum absolute atomic E-state index is 6.08. The third-order valence-electron chi connectivity index (χ3n) is 4.95.